The molecule has 0 aliphatic heterocycles. The van der Waals surface area contributed by atoms with Gasteiger partial charge in [0.25, 0.3) is 10.0 Å². The van der Waals surface area contributed by atoms with E-state index in [1.54, 1.807) is 12.1 Å². The maximum Gasteiger partial charge on any atom is 0.407 e. The Kier molecular flexibility index (Phi) is 4.63. The lowest BCUT2D eigenvalue weighted by Gasteiger charge is -2.06. The van der Waals surface area contributed by atoms with Crippen LogP contribution in [-0.2, 0) is 21.4 Å². The summed E-state index contributed by atoms with van der Waals surface area (Å²) < 4.78 is 31.1. The highest BCUT2D eigenvalue weighted by molar-refractivity contribution is 9.10. The van der Waals surface area contributed by atoms with Crippen molar-refractivity contribution >= 4 is 32.0 Å². The first-order chi connectivity index (χ1) is 9.95. The van der Waals surface area contributed by atoms with Crippen molar-refractivity contribution in [3.8, 4) is 0 Å². The Morgan fingerprint density at radius 2 is 2.29 bits per heavy atom. The number of alkyl carbamates (subject to hydrolysis) is 1. The molecular formula is C12H12BrN3O4S. The van der Waals surface area contributed by atoms with Crippen molar-refractivity contribution in [1.29, 1.82) is 0 Å². The molecule has 21 heavy (non-hydrogen) atoms. The van der Waals surface area contributed by atoms with Crippen LogP contribution < -0.4 is 5.32 Å². The van der Waals surface area contributed by atoms with E-state index in [-0.39, 0.29) is 11.5 Å². The molecule has 7 nitrogen and oxygen atoms in total. The van der Waals surface area contributed by atoms with Gasteiger partial charge in [-0.15, -0.1) is 0 Å². The summed E-state index contributed by atoms with van der Waals surface area (Å²) in [7, 11) is -2.30. The van der Waals surface area contributed by atoms with Crippen molar-refractivity contribution in [2.45, 2.75) is 11.5 Å². The number of pyridine rings is 1. The number of aromatic nitrogens is 2. The van der Waals surface area contributed by atoms with Crippen LogP contribution in [0.1, 0.15) is 5.56 Å². The third-order valence-corrected chi connectivity index (χ3v) is 5.07. The molecule has 0 saturated carbocycles. The summed E-state index contributed by atoms with van der Waals surface area (Å²) >= 11 is 3.18. The van der Waals surface area contributed by atoms with E-state index < -0.39 is 16.1 Å². The van der Waals surface area contributed by atoms with Crippen LogP contribution in [0.5, 0.6) is 0 Å². The molecule has 2 heterocycles. The molecule has 0 aliphatic rings. The van der Waals surface area contributed by atoms with Gasteiger partial charge in [0.1, 0.15) is 16.1 Å². The van der Waals surface area contributed by atoms with Crippen molar-refractivity contribution in [2.75, 3.05) is 7.05 Å². The van der Waals surface area contributed by atoms with Crippen LogP contribution >= 0.6 is 15.9 Å². The Morgan fingerprint density at radius 1 is 1.52 bits per heavy atom. The fourth-order valence-corrected chi connectivity index (χ4v) is 3.76. The SMILES string of the molecule is CNC(=O)OCc1cc(Br)n(S(=O)(=O)c2cccnc2)c1. The number of carbonyl (C=O) groups is 1. The van der Waals surface area contributed by atoms with E-state index in [1.807, 2.05) is 0 Å². The average Bonchev–Trinajstić information content (AvgIpc) is 2.87. The second-order valence-electron chi connectivity index (χ2n) is 3.99. The zero-order valence-electron chi connectivity index (χ0n) is 11.0. The minimum Gasteiger partial charge on any atom is -0.445 e. The topological polar surface area (TPSA) is 90.3 Å². The number of carbonyl (C=O) groups excluding carboxylic acids is 1. The van der Waals surface area contributed by atoms with Crippen LogP contribution in [0.2, 0.25) is 0 Å². The standard InChI is InChI=1S/C12H12BrN3O4S/c1-14-12(17)20-8-9-5-11(13)16(7-9)21(18,19)10-3-2-4-15-6-10/h2-7H,8H2,1H3,(H,14,17). The fourth-order valence-electron chi connectivity index (χ4n) is 1.56. The zero-order chi connectivity index (χ0) is 15.5. The highest BCUT2D eigenvalue weighted by Gasteiger charge is 2.20. The van der Waals surface area contributed by atoms with Crippen LogP contribution in [-0.4, -0.2) is 30.5 Å². The molecule has 0 saturated heterocycles. The van der Waals surface area contributed by atoms with E-state index in [1.165, 1.54) is 31.7 Å². The zero-order valence-corrected chi connectivity index (χ0v) is 13.4. The maximum atomic E-state index is 12.4. The van der Waals surface area contributed by atoms with Crippen molar-refractivity contribution in [3.05, 3.63) is 47.0 Å². The lowest BCUT2D eigenvalue weighted by molar-refractivity contribution is 0.142. The molecular weight excluding hydrogens is 362 g/mol. The van der Waals surface area contributed by atoms with Crippen molar-refractivity contribution in [3.63, 3.8) is 0 Å². The van der Waals surface area contributed by atoms with Crippen molar-refractivity contribution < 1.29 is 17.9 Å². The van der Waals surface area contributed by atoms with Gasteiger partial charge in [0.05, 0.1) is 0 Å². The number of nitrogens with zero attached hydrogens (tertiary/aromatic N) is 2. The second-order valence-corrected chi connectivity index (χ2v) is 6.61. The van der Waals surface area contributed by atoms with E-state index in [0.717, 1.165) is 3.97 Å². The smallest absolute Gasteiger partial charge is 0.407 e. The number of rotatable bonds is 4. The normalized spacial score (nSPS) is 11.1. The molecule has 2 aromatic rings. The van der Waals surface area contributed by atoms with E-state index >= 15 is 0 Å². The molecule has 112 valence electrons. The van der Waals surface area contributed by atoms with Crippen LogP contribution in [0.3, 0.4) is 0 Å². The largest absolute Gasteiger partial charge is 0.445 e. The quantitative estimate of drug-likeness (QED) is 0.881. The van der Waals surface area contributed by atoms with E-state index in [2.05, 4.69) is 26.2 Å². The van der Waals surface area contributed by atoms with Crippen molar-refractivity contribution in [2.24, 2.45) is 0 Å². The molecule has 0 fully saturated rings. The van der Waals surface area contributed by atoms with Crippen molar-refractivity contribution in [1.82, 2.24) is 14.3 Å². The van der Waals surface area contributed by atoms with Gasteiger partial charge < -0.3 is 10.1 Å². The van der Waals surface area contributed by atoms with Gasteiger partial charge >= 0.3 is 6.09 Å². The lowest BCUT2D eigenvalue weighted by atomic mass is 10.4. The summed E-state index contributed by atoms with van der Waals surface area (Å²) in [6.07, 6.45) is 3.55. The Morgan fingerprint density at radius 3 is 2.90 bits per heavy atom. The summed E-state index contributed by atoms with van der Waals surface area (Å²) in [6, 6.07) is 4.56. The Balaban J connectivity index is 2.29. The number of hydrogen-bond donors (Lipinski definition) is 1. The molecule has 0 atom stereocenters. The number of amides is 1. The number of halogens is 1. The first-order valence-corrected chi connectivity index (χ1v) is 8.05. The predicted octanol–water partition coefficient (Wildman–Crippen LogP) is 1.74. The molecule has 9 heteroatoms. The molecule has 1 N–H and O–H groups in total. The van der Waals surface area contributed by atoms with Gasteiger partial charge in [0, 0.05) is 31.2 Å². The summed E-state index contributed by atoms with van der Waals surface area (Å²) in [4.78, 5) is 14.9. The average molecular weight is 374 g/mol. The summed E-state index contributed by atoms with van der Waals surface area (Å²) in [5.41, 5.74) is 0.540. The predicted molar refractivity (Wildman–Crippen MR) is 78.2 cm³/mol. The van der Waals surface area contributed by atoms with Gasteiger partial charge in [-0.05, 0) is 34.1 Å². The summed E-state index contributed by atoms with van der Waals surface area (Å²) in [6.45, 7) is -0.0339. The first kappa shape index (κ1) is 15.5. The van der Waals surface area contributed by atoms with Crippen LogP contribution in [0.25, 0.3) is 0 Å². The molecule has 2 aromatic heterocycles. The van der Waals surface area contributed by atoms with Crippen LogP contribution in [0.15, 0.2) is 46.3 Å². The maximum absolute atomic E-state index is 12.4. The minimum absolute atomic E-state index is 0.0339. The van der Waals surface area contributed by atoms with Gasteiger partial charge in [-0.25, -0.2) is 17.2 Å². The van der Waals surface area contributed by atoms with Gasteiger partial charge in [0.2, 0.25) is 0 Å². The Labute approximate surface area is 130 Å². The molecule has 0 unspecified atom stereocenters. The molecule has 1 amide bonds. The van der Waals surface area contributed by atoms with Gasteiger partial charge in [-0.1, -0.05) is 0 Å². The highest BCUT2D eigenvalue weighted by Crippen LogP contribution is 2.22. The Bertz CT molecular complexity index is 743. The third-order valence-electron chi connectivity index (χ3n) is 2.56. The molecule has 0 bridgehead atoms. The van der Waals surface area contributed by atoms with Crippen LogP contribution in [0.4, 0.5) is 4.79 Å². The third kappa shape index (κ3) is 3.42. The van der Waals surface area contributed by atoms with Gasteiger partial charge in [-0.2, -0.15) is 0 Å². The minimum atomic E-state index is -3.74. The monoisotopic (exact) mass is 373 g/mol. The number of hydrogen-bond acceptors (Lipinski definition) is 5. The van der Waals surface area contributed by atoms with Gasteiger partial charge in [-0.3, -0.25) is 4.98 Å². The summed E-state index contributed by atoms with van der Waals surface area (Å²) in [5, 5.41) is 2.31. The van der Waals surface area contributed by atoms with Gasteiger partial charge in [0.15, 0.2) is 0 Å². The second kappa shape index (κ2) is 6.27. The van der Waals surface area contributed by atoms with E-state index in [4.69, 9.17) is 4.74 Å². The molecule has 0 radical (unpaired) electrons. The number of ether oxygens (including phenoxy) is 1. The highest BCUT2D eigenvalue weighted by atomic mass is 79.9. The van der Waals surface area contributed by atoms with E-state index in [9.17, 15) is 13.2 Å². The van der Waals surface area contributed by atoms with E-state index in [0.29, 0.717) is 10.2 Å². The van der Waals surface area contributed by atoms with Crippen LogP contribution in [0, 0.1) is 0 Å². The fraction of sp³-hybridized carbons (Fsp3) is 0.167. The Hall–Kier alpha value is -1.87. The summed E-state index contributed by atoms with van der Waals surface area (Å²) in [5.74, 6) is 0. The number of nitrogens with one attached hydrogen (secondary N) is 1. The molecule has 2 rings (SSSR count). The molecule has 0 aromatic carbocycles. The lowest BCUT2D eigenvalue weighted by Crippen LogP contribution is -2.18. The molecule has 0 aliphatic carbocycles. The first-order valence-electron chi connectivity index (χ1n) is 5.82. The molecule has 0 spiro atoms.